The number of ether oxygens (including phenoxy) is 1. The smallest absolute Gasteiger partial charge is 0.318 e. The van der Waals surface area contributed by atoms with Gasteiger partial charge in [0.2, 0.25) is 0 Å². The van der Waals surface area contributed by atoms with Crippen molar-refractivity contribution >= 4 is 6.03 Å². The van der Waals surface area contributed by atoms with Gasteiger partial charge in [0.05, 0.1) is 24.8 Å². The molecule has 0 aromatic heterocycles. The summed E-state index contributed by atoms with van der Waals surface area (Å²) in [6, 6.07) is 13.9. The molecule has 1 aliphatic carbocycles. The molecule has 1 N–H and O–H groups in total. The van der Waals surface area contributed by atoms with Gasteiger partial charge in [0, 0.05) is 13.1 Å². The van der Waals surface area contributed by atoms with Crippen molar-refractivity contribution in [3.05, 3.63) is 64.2 Å². The van der Waals surface area contributed by atoms with Crippen LogP contribution in [0, 0.1) is 11.3 Å². The number of amides is 2. The van der Waals surface area contributed by atoms with E-state index in [1.165, 1.54) is 11.1 Å². The number of fused-ring (bicyclic) bond motifs is 2. The maximum Gasteiger partial charge on any atom is 0.318 e. The second kappa shape index (κ2) is 6.72. The van der Waals surface area contributed by atoms with Crippen LogP contribution in [0.4, 0.5) is 4.79 Å². The molecule has 0 saturated heterocycles. The van der Waals surface area contributed by atoms with Gasteiger partial charge < -0.3 is 15.0 Å². The fourth-order valence-corrected chi connectivity index (χ4v) is 3.92. The van der Waals surface area contributed by atoms with Gasteiger partial charge in [-0.05, 0) is 65.8 Å². The molecule has 26 heavy (non-hydrogen) atoms. The molecule has 0 spiro atoms. The van der Waals surface area contributed by atoms with Gasteiger partial charge in [0.25, 0.3) is 0 Å². The van der Waals surface area contributed by atoms with Crippen LogP contribution in [-0.4, -0.2) is 18.0 Å². The zero-order chi connectivity index (χ0) is 18.1. The molecule has 1 heterocycles. The molecule has 5 heteroatoms. The lowest BCUT2D eigenvalue weighted by Gasteiger charge is -2.28. The van der Waals surface area contributed by atoms with E-state index in [-0.39, 0.29) is 12.1 Å². The quantitative estimate of drug-likeness (QED) is 0.901. The largest absolute Gasteiger partial charge is 0.497 e. The Kier molecular flexibility index (Phi) is 4.26. The summed E-state index contributed by atoms with van der Waals surface area (Å²) >= 11 is 0. The number of rotatable bonds is 2. The molecule has 0 bridgehead atoms. The number of carbonyl (C=O) groups excluding carboxylic acids is 1. The van der Waals surface area contributed by atoms with Crippen LogP contribution in [0.5, 0.6) is 5.75 Å². The van der Waals surface area contributed by atoms with Crippen molar-refractivity contribution in [1.29, 1.82) is 5.26 Å². The van der Waals surface area contributed by atoms with Gasteiger partial charge in [-0.2, -0.15) is 5.26 Å². The Bertz CT molecular complexity index is 901. The summed E-state index contributed by atoms with van der Waals surface area (Å²) < 4.78 is 5.27. The first-order valence-corrected chi connectivity index (χ1v) is 8.92. The van der Waals surface area contributed by atoms with Crippen molar-refractivity contribution in [2.24, 2.45) is 0 Å². The fourth-order valence-electron chi connectivity index (χ4n) is 3.92. The Balaban J connectivity index is 1.48. The van der Waals surface area contributed by atoms with Crippen LogP contribution in [0.25, 0.3) is 0 Å². The van der Waals surface area contributed by atoms with E-state index in [9.17, 15) is 4.79 Å². The number of nitriles is 1. The molecule has 2 amide bonds. The maximum absolute atomic E-state index is 12.8. The summed E-state index contributed by atoms with van der Waals surface area (Å²) in [7, 11) is 1.65. The number of hydrogen-bond donors (Lipinski definition) is 1. The van der Waals surface area contributed by atoms with Gasteiger partial charge in [0.15, 0.2) is 0 Å². The molecule has 4 rings (SSSR count). The normalized spacial score (nSPS) is 17.8. The van der Waals surface area contributed by atoms with Crippen molar-refractivity contribution in [2.75, 3.05) is 7.11 Å². The lowest BCUT2D eigenvalue weighted by atomic mass is 9.87. The number of nitrogens with zero attached hydrogens (tertiary/aromatic N) is 2. The third-order valence-electron chi connectivity index (χ3n) is 5.31. The maximum atomic E-state index is 12.8. The second-order valence-corrected chi connectivity index (χ2v) is 6.91. The van der Waals surface area contributed by atoms with Gasteiger partial charge in [-0.3, -0.25) is 0 Å². The zero-order valence-corrected chi connectivity index (χ0v) is 14.8. The van der Waals surface area contributed by atoms with Gasteiger partial charge in [-0.15, -0.1) is 0 Å². The van der Waals surface area contributed by atoms with Crippen molar-refractivity contribution in [2.45, 2.75) is 38.4 Å². The molecule has 2 aromatic rings. The van der Waals surface area contributed by atoms with Gasteiger partial charge in [-0.1, -0.05) is 12.1 Å². The first kappa shape index (κ1) is 16.5. The van der Waals surface area contributed by atoms with E-state index < -0.39 is 0 Å². The standard InChI is InChI=1S/C21H21N3O2/c1-26-18-7-6-16-12-24(13-17(16)10-18)21(25)23-20-4-2-3-15-9-14(11-22)5-8-19(15)20/h5-10,20H,2-4,12-13H2,1H3,(H,23,25). The Labute approximate surface area is 153 Å². The number of benzene rings is 2. The number of carbonyl (C=O) groups is 1. The Hall–Kier alpha value is -3.00. The number of urea groups is 1. The molecule has 0 radical (unpaired) electrons. The molecule has 2 aromatic carbocycles. The number of nitrogens with one attached hydrogen (secondary N) is 1. The zero-order valence-electron chi connectivity index (χ0n) is 14.8. The van der Waals surface area contributed by atoms with E-state index in [4.69, 9.17) is 10.00 Å². The molecule has 0 saturated carbocycles. The molecule has 0 fully saturated rings. The van der Waals surface area contributed by atoms with E-state index >= 15 is 0 Å². The highest BCUT2D eigenvalue weighted by atomic mass is 16.5. The summed E-state index contributed by atoms with van der Waals surface area (Å²) in [5, 5.41) is 12.3. The highest BCUT2D eigenvalue weighted by molar-refractivity contribution is 5.76. The Morgan fingerprint density at radius 3 is 2.85 bits per heavy atom. The first-order chi connectivity index (χ1) is 12.7. The Morgan fingerprint density at radius 1 is 1.19 bits per heavy atom. The molecule has 132 valence electrons. The summed E-state index contributed by atoms with van der Waals surface area (Å²) in [5.74, 6) is 0.820. The van der Waals surface area contributed by atoms with Gasteiger partial charge >= 0.3 is 6.03 Å². The second-order valence-electron chi connectivity index (χ2n) is 6.91. The molecule has 1 atom stereocenters. The number of aryl methyl sites for hydroxylation is 1. The monoisotopic (exact) mass is 347 g/mol. The molecule has 1 aliphatic heterocycles. The SMILES string of the molecule is COc1ccc2c(c1)CN(C(=O)NC1CCCc3cc(C#N)ccc31)C2. The third-order valence-corrected chi connectivity index (χ3v) is 5.31. The average molecular weight is 347 g/mol. The Morgan fingerprint density at radius 2 is 2.04 bits per heavy atom. The van der Waals surface area contributed by atoms with Crippen molar-refractivity contribution in [3.63, 3.8) is 0 Å². The minimum atomic E-state index is -0.0395. The van der Waals surface area contributed by atoms with Crippen LogP contribution in [0.15, 0.2) is 36.4 Å². The van der Waals surface area contributed by atoms with Crippen LogP contribution in [0.1, 0.15) is 46.7 Å². The lowest BCUT2D eigenvalue weighted by molar-refractivity contribution is 0.193. The summed E-state index contributed by atoms with van der Waals surface area (Å²) in [6.07, 6.45) is 2.91. The molecule has 5 nitrogen and oxygen atoms in total. The lowest BCUT2D eigenvalue weighted by Crippen LogP contribution is -2.39. The van der Waals surface area contributed by atoms with Crippen LogP contribution in [-0.2, 0) is 19.5 Å². The number of hydrogen-bond acceptors (Lipinski definition) is 3. The van der Waals surface area contributed by atoms with Gasteiger partial charge in [-0.25, -0.2) is 4.79 Å². The van der Waals surface area contributed by atoms with Crippen LogP contribution in [0.3, 0.4) is 0 Å². The average Bonchev–Trinajstić information content (AvgIpc) is 3.11. The predicted molar refractivity (Wildman–Crippen MR) is 97.6 cm³/mol. The van der Waals surface area contributed by atoms with Crippen molar-refractivity contribution < 1.29 is 9.53 Å². The number of methoxy groups -OCH3 is 1. The predicted octanol–water partition coefficient (Wildman–Crippen LogP) is 3.67. The van der Waals surface area contributed by atoms with Crippen LogP contribution < -0.4 is 10.1 Å². The van der Waals surface area contributed by atoms with Crippen molar-refractivity contribution in [1.82, 2.24) is 10.2 Å². The molecule has 2 aliphatic rings. The summed E-state index contributed by atoms with van der Waals surface area (Å²) in [6.45, 7) is 1.23. The highest BCUT2D eigenvalue weighted by Gasteiger charge is 2.27. The molecule has 1 unspecified atom stereocenters. The first-order valence-electron chi connectivity index (χ1n) is 8.92. The highest BCUT2D eigenvalue weighted by Crippen LogP contribution is 2.32. The summed E-state index contributed by atoms with van der Waals surface area (Å²) in [4.78, 5) is 14.6. The van der Waals surface area contributed by atoms with E-state index in [0.717, 1.165) is 36.1 Å². The van der Waals surface area contributed by atoms with Gasteiger partial charge in [0.1, 0.15) is 5.75 Å². The van der Waals surface area contributed by atoms with E-state index in [1.807, 2.05) is 41.3 Å². The third kappa shape index (κ3) is 2.99. The topological polar surface area (TPSA) is 65.4 Å². The van der Waals surface area contributed by atoms with Crippen LogP contribution >= 0.6 is 0 Å². The van der Waals surface area contributed by atoms with E-state index in [2.05, 4.69) is 11.4 Å². The van der Waals surface area contributed by atoms with E-state index in [0.29, 0.717) is 18.7 Å². The van der Waals surface area contributed by atoms with Crippen molar-refractivity contribution in [3.8, 4) is 11.8 Å². The summed E-state index contributed by atoms with van der Waals surface area (Å²) in [5.41, 5.74) is 5.31. The van der Waals surface area contributed by atoms with E-state index in [1.54, 1.807) is 7.11 Å². The minimum Gasteiger partial charge on any atom is -0.497 e. The molecular formula is C21H21N3O2. The molecular weight excluding hydrogens is 326 g/mol. The minimum absolute atomic E-state index is 0.0113. The van der Waals surface area contributed by atoms with Crippen LogP contribution in [0.2, 0.25) is 0 Å². The fraction of sp³-hybridized carbons (Fsp3) is 0.333.